The van der Waals surface area contributed by atoms with Gasteiger partial charge >= 0.3 is 5.97 Å². The molecule has 1 fully saturated rings. The third kappa shape index (κ3) is 2.45. The molecule has 0 aromatic heterocycles. The zero-order chi connectivity index (χ0) is 10.0. The summed E-state index contributed by atoms with van der Waals surface area (Å²) < 4.78 is 0. The van der Waals surface area contributed by atoms with Crippen molar-refractivity contribution in [2.45, 2.75) is 33.6 Å². The number of hydrogen-bond acceptors (Lipinski definition) is 1. The molecule has 0 aliphatic heterocycles. The molecule has 0 aromatic carbocycles. The second-order valence-electron chi connectivity index (χ2n) is 4.52. The van der Waals surface area contributed by atoms with Crippen molar-refractivity contribution < 1.29 is 9.90 Å². The summed E-state index contributed by atoms with van der Waals surface area (Å²) in [6.07, 6.45) is 4.25. The molecule has 0 saturated heterocycles. The van der Waals surface area contributed by atoms with Crippen LogP contribution < -0.4 is 0 Å². The molecular weight excluding hydrogens is 164 g/mol. The van der Waals surface area contributed by atoms with Crippen molar-refractivity contribution in [1.82, 2.24) is 0 Å². The zero-order valence-electron chi connectivity index (χ0n) is 8.66. The number of carbonyl (C=O) groups is 1. The van der Waals surface area contributed by atoms with Crippen LogP contribution >= 0.6 is 0 Å². The van der Waals surface area contributed by atoms with Crippen LogP contribution in [-0.4, -0.2) is 11.1 Å². The molecule has 75 valence electrons. The number of rotatable bonds is 2. The van der Waals surface area contributed by atoms with Gasteiger partial charge < -0.3 is 5.11 Å². The molecule has 3 atom stereocenters. The third-order valence-corrected chi connectivity index (χ3v) is 3.16. The molecule has 0 aromatic rings. The van der Waals surface area contributed by atoms with Crippen LogP contribution in [0.15, 0.2) is 0 Å². The summed E-state index contributed by atoms with van der Waals surface area (Å²) in [6.45, 7) is 6.36. The average molecular weight is 183 g/mol. The predicted octanol–water partition coefficient (Wildman–Crippen LogP) is 2.59. The largest absolute Gasteiger partial charge is 0.481 e. The molecule has 0 amide bonds. The minimum absolute atomic E-state index is 0.221. The summed E-state index contributed by atoms with van der Waals surface area (Å²) in [4.78, 5) is 10.9. The topological polar surface area (TPSA) is 37.3 Å². The molecule has 0 heterocycles. The molecule has 2 heteroatoms. The first-order valence-electron chi connectivity index (χ1n) is 5.10. The van der Waals surface area contributed by atoms with Crippen molar-refractivity contribution >= 4 is 5.97 Å². The van der Waals surface area contributed by atoms with E-state index in [9.17, 15) is 4.79 Å². The monoisotopic (exact) mass is 183 g/mol. The summed E-state index contributed by atoms with van der Waals surface area (Å²) >= 11 is 0. The summed E-state index contributed by atoms with van der Waals surface area (Å²) in [5, 5.41) is 8.98. The third-order valence-electron chi connectivity index (χ3n) is 3.16. The van der Waals surface area contributed by atoms with E-state index in [0.717, 1.165) is 12.8 Å². The van der Waals surface area contributed by atoms with Crippen molar-refractivity contribution in [3.63, 3.8) is 0 Å². The second kappa shape index (κ2) is 4.12. The Bertz CT molecular complexity index is 187. The number of carboxylic acid groups (broad SMARTS) is 1. The Balaban J connectivity index is 2.58. The minimum Gasteiger partial charge on any atom is -0.481 e. The predicted molar refractivity (Wildman–Crippen MR) is 52.2 cm³/mol. The SMILES string of the molecule is CC(C)C1[CH]C(C(=O)O)C(C)CC1. The highest BCUT2D eigenvalue weighted by Crippen LogP contribution is 2.36. The smallest absolute Gasteiger partial charge is 0.307 e. The Kier molecular flexibility index (Phi) is 3.34. The van der Waals surface area contributed by atoms with Crippen molar-refractivity contribution in [1.29, 1.82) is 0 Å². The van der Waals surface area contributed by atoms with E-state index in [-0.39, 0.29) is 5.92 Å². The van der Waals surface area contributed by atoms with E-state index >= 15 is 0 Å². The standard InChI is InChI=1S/C11H19O2/c1-7(2)9-5-4-8(3)10(6-9)11(12)13/h6-10H,4-5H2,1-3H3,(H,12,13). The van der Waals surface area contributed by atoms with E-state index in [4.69, 9.17) is 5.11 Å². The maximum atomic E-state index is 10.9. The van der Waals surface area contributed by atoms with Gasteiger partial charge in [0, 0.05) is 0 Å². The molecule has 0 spiro atoms. The molecule has 3 unspecified atom stereocenters. The minimum atomic E-state index is -0.655. The Morgan fingerprint density at radius 3 is 2.54 bits per heavy atom. The number of hydrogen-bond donors (Lipinski definition) is 1. The normalized spacial score (nSPS) is 34.9. The quantitative estimate of drug-likeness (QED) is 0.714. The van der Waals surface area contributed by atoms with Gasteiger partial charge in [-0.15, -0.1) is 0 Å². The van der Waals surface area contributed by atoms with E-state index in [1.165, 1.54) is 0 Å². The van der Waals surface area contributed by atoms with Gasteiger partial charge in [0.25, 0.3) is 0 Å². The van der Waals surface area contributed by atoms with E-state index in [1.807, 2.05) is 13.3 Å². The lowest BCUT2D eigenvalue weighted by atomic mass is 9.71. The fourth-order valence-electron chi connectivity index (χ4n) is 2.07. The summed E-state index contributed by atoms with van der Waals surface area (Å²) in [5.41, 5.74) is 0. The average Bonchev–Trinajstić information content (AvgIpc) is 2.04. The lowest BCUT2D eigenvalue weighted by Gasteiger charge is -2.33. The van der Waals surface area contributed by atoms with Crippen molar-refractivity contribution in [2.75, 3.05) is 0 Å². The van der Waals surface area contributed by atoms with Crippen LogP contribution in [0.5, 0.6) is 0 Å². The maximum Gasteiger partial charge on any atom is 0.307 e. The molecule has 1 rings (SSSR count). The highest BCUT2D eigenvalue weighted by atomic mass is 16.4. The van der Waals surface area contributed by atoms with Gasteiger partial charge in [-0.1, -0.05) is 20.8 Å². The lowest BCUT2D eigenvalue weighted by Crippen LogP contribution is -2.31. The molecule has 1 aliphatic carbocycles. The van der Waals surface area contributed by atoms with Crippen LogP contribution in [0.1, 0.15) is 33.6 Å². The molecule has 2 nitrogen and oxygen atoms in total. The van der Waals surface area contributed by atoms with Gasteiger partial charge in [-0.25, -0.2) is 0 Å². The number of carboxylic acids is 1. The molecule has 1 radical (unpaired) electrons. The fraction of sp³-hybridized carbons (Fsp3) is 0.818. The maximum absolute atomic E-state index is 10.9. The highest BCUT2D eigenvalue weighted by molar-refractivity contribution is 5.72. The van der Waals surface area contributed by atoms with Gasteiger partial charge in [0.15, 0.2) is 0 Å². The van der Waals surface area contributed by atoms with Crippen LogP contribution in [0.4, 0.5) is 0 Å². The first-order chi connectivity index (χ1) is 6.02. The van der Waals surface area contributed by atoms with Gasteiger partial charge in [0.2, 0.25) is 0 Å². The summed E-state index contributed by atoms with van der Waals surface area (Å²) in [5.74, 6) is 0.512. The Hall–Kier alpha value is -0.530. The van der Waals surface area contributed by atoms with Gasteiger partial charge in [-0.2, -0.15) is 0 Å². The lowest BCUT2D eigenvalue weighted by molar-refractivity contribution is -0.143. The van der Waals surface area contributed by atoms with Gasteiger partial charge in [0.05, 0.1) is 5.92 Å². The van der Waals surface area contributed by atoms with Gasteiger partial charge in [-0.3, -0.25) is 4.79 Å². The Morgan fingerprint density at radius 2 is 2.08 bits per heavy atom. The Morgan fingerprint density at radius 1 is 1.46 bits per heavy atom. The molecule has 1 saturated carbocycles. The molecule has 1 N–H and O–H groups in total. The van der Waals surface area contributed by atoms with Crippen LogP contribution in [0, 0.1) is 30.1 Å². The molecule has 0 bridgehead atoms. The van der Waals surface area contributed by atoms with Crippen molar-refractivity contribution in [3.05, 3.63) is 6.42 Å². The first kappa shape index (κ1) is 10.6. The molecule has 1 aliphatic rings. The van der Waals surface area contributed by atoms with Crippen LogP contribution in [0.25, 0.3) is 0 Å². The first-order valence-corrected chi connectivity index (χ1v) is 5.10. The van der Waals surface area contributed by atoms with E-state index in [2.05, 4.69) is 13.8 Å². The van der Waals surface area contributed by atoms with E-state index in [1.54, 1.807) is 0 Å². The summed E-state index contributed by atoms with van der Waals surface area (Å²) in [6, 6.07) is 0. The molecule has 13 heavy (non-hydrogen) atoms. The van der Waals surface area contributed by atoms with E-state index < -0.39 is 5.97 Å². The molecular formula is C11H19O2. The van der Waals surface area contributed by atoms with Crippen LogP contribution in [-0.2, 0) is 4.79 Å². The van der Waals surface area contributed by atoms with Gasteiger partial charge in [-0.05, 0) is 37.0 Å². The Labute approximate surface area is 80.3 Å². The van der Waals surface area contributed by atoms with Crippen LogP contribution in [0.3, 0.4) is 0 Å². The van der Waals surface area contributed by atoms with Crippen molar-refractivity contribution in [2.24, 2.45) is 23.7 Å². The van der Waals surface area contributed by atoms with Crippen molar-refractivity contribution in [3.8, 4) is 0 Å². The zero-order valence-corrected chi connectivity index (χ0v) is 8.66. The van der Waals surface area contributed by atoms with Crippen LogP contribution in [0.2, 0.25) is 0 Å². The van der Waals surface area contributed by atoms with Gasteiger partial charge in [0.1, 0.15) is 0 Å². The second-order valence-corrected chi connectivity index (χ2v) is 4.52. The summed E-state index contributed by atoms with van der Waals surface area (Å²) in [7, 11) is 0. The van der Waals surface area contributed by atoms with E-state index in [0.29, 0.717) is 17.8 Å². The fourth-order valence-corrected chi connectivity index (χ4v) is 2.07. The highest BCUT2D eigenvalue weighted by Gasteiger charge is 2.33. The number of aliphatic carboxylic acids is 1.